The molecule has 0 saturated carbocycles. The van der Waals surface area contributed by atoms with Crippen LogP contribution in [-0.2, 0) is 6.54 Å². The predicted octanol–water partition coefficient (Wildman–Crippen LogP) is 0.956. The molecule has 1 fully saturated rings. The highest BCUT2D eigenvalue weighted by Gasteiger charge is 2.22. The van der Waals surface area contributed by atoms with Gasteiger partial charge in [0.1, 0.15) is 12.1 Å². The van der Waals surface area contributed by atoms with Crippen LogP contribution in [0.4, 0.5) is 5.82 Å². The summed E-state index contributed by atoms with van der Waals surface area (Å²) in [5, 5.41) is 11.9. The summed E-state index contributed by atoms with van der Waals surface area (Å²) in [6, 6.07) is 5.62. The molecule has 9 heteroatoms. The first-order valence-corrected chi connectivity index (χ1v) is 9.38. The zero-order valence-electron chi connectivity index (χ0n) is 15.5. The summed E-state index contributed by atoms with van der Waals surface area (Å²) in [6.07, 6.45) is 6.72. The lowest BCUT2D eigenvalue weighted by Crippen LogP contribution is -2.45. The van der Waals surface area contributed by atoms with Gasteiger partial charge in [0.15, 0.2) is 0 Å². The molecule has 4 heterocycles. The number of fused-ring (bicyclic) bond motifs is 1. The van der Waals surface area contributed by atoms with E-state index < -0.39 is 0 Å². The summed E-state index contributed by atoms with van der Waals surface area (Å²) in [6.45, 7) is 5.24. The van der Waals surface area contributed by atoms with Gasteiger partial charge in [-0.25, -0.2) is 9.67 Å². The highest BCUT2D eigenvalue weighted by atomic mass is 16.1. The Balaban J connectivity index is 1.42. The minimum absolute atomic E-state index is 0.0509. The van der Waals surface area contributed by atoms with Gasteiger partial charge < -0.3 is 5.32 Å². The number of rotatable bonds is 6. The molecule has 142 valence electrons. The van der Waals surface area contributed by atoms with E-state index in [1.807, 2.05) is 13.0 Å². The molecule has 4 rings (SSSR count). The van der Waals surface area contributed by atoms with Gasteiger partial charge in [-0.15, -0.1) is 0 Å². The molecule has 1 N–H and O–H groups in total. The van der Waals surface area contributed by atoms with Gasteiger partial charge >= 0.3 is 0 Å². The van der Waals surface area contributed by atoms with Crippen molar-refractivity contribution in [3.05, 3.63) is 46.8 Å². The average Bonchev–Trinajstić information content (AvgIpc) is 3.14. The Kier molecular flexibility index (Phi) is 5.10. The predicted molar refractivity (Wildman–Crippen MR) is 102 cm³/mol. The van der Waals surface area contributed by atoms with Crippen LogP contribution in [0.3, 0.4) is 0 Å². The van der Waals surface area contributed by atoms with E-state index in [2.05, 4.69) is 30.4 Å². The molecule has 3 aromatic heterocycles. The fourth-order valence-corrected chi connectivity index (χ4v) is 3.64. The van der Waals surface area contributed by atoms with Crippen LogP contribution in [0.15, 0.2) is 35.5 Å². The van der Waals surface area contributed by atoms with Crippen LogP contribution in [0.1, 0.15) is 25.0 Å². The maximum atomic E-state index is 11.9. The Hall–Kier alpha value is -2.81. The van der Waals surface area contributed by atoms with Gasteiger partial charge in [-0.3, -0.25) is 9.69 Å². The first kappa shape index (κ1) is 17.6. The minimum Gasteiger partial charge on any atom is -0.368 e. The van der Waals surface area contributed by atoms with Crippen LogP contribution >= 0.6 is 0 Å². The molecule has 0 spiro atoms. The first-order valence-electron chi connectivity index (χ1n) is 9.38. The van der Waals surface area contributed by atoms with Crippen LogP contribution in [0.25, 0.3) is 5.78 Å². The van der Waals surface area contributed by atoms with Crippen molar-refractivity contribution in [1.29, 1.82) is 0 Å². The summed E-state index contributed by atoms with van der Waals surface area (Å²) in [4.78, 5) is 22.9. The highest BCUT2D eigenvalue weighted by molar-refractivity contribution is 5.44. The summed E-state index contributed by atoms with van der Waals surface area (Å²) in [5.41, 5.74) is 0.859. The van der Waals surface area contributed by atoms with E-state index in [4.69, 9.17) is 0 Å². The molecule has 0 amide bonds. The van der Waals surface area contributed by atoms with Crippen molar-refractivity contribution in [1.82, 2.24) is 34.3 Å². The van der Waals surface area contributed by atoms with Crippen LogP contribution < -0.4 is 10.9 Å². The molecular formula is C18H24N8O. The lowest BCUT2D eigenvalue weighted by Gasteiger charge is -2.36. The van der Waals surface area contributed by atoms with Crippen molar-refractivity contribution >= 4 is 11.6 Å². The molecule has 1 unspecified atom stereocenters. The van der Waals surface area contributed by atoms with Gasteiger partial charge in [0.25, 0.3) is 11.3 Å². The fourth-order valence-electron chi connectivity index (χ4n) is 3.64. The molecule has 0 bridgehead atoms. The summed E-state index contributed by atoms with van der Waals surface area (Å²) >= 11 is 0. The molecule has 0 aromatic carbocycles. The van der Waals surface area contributed by atoms with Gasteiger partial charge in [-0.1, -0.05) is 6.42 Å². The highest BCUT2D eigenvalue weighted by Crippen LogP contribution is 2.18. The quantitative estimate of drug-likeness (QED) is 0.692. The third-order valence-electron chi connectivity index (χ3n) is 5.03. The van der Waals surface area contributed by atoms with Gasteiger partial charge in [0, 0.05) is 43.2 Å². The van der Waals surface area contributed by atoms with Gasteiger partial charge in [0.2, 0.25) is 0 Å². The van der Waals surface area contributed by atoms with Gasteiger partial charge in [-0.2, -0.15) is 19.7 Å². The topological polar surface area (TPSA) is 93.2 Å². The second kappa shape index (κ2) is 7.83. The van der Waals surface area contributed by atoms with Crippen LogP contribution in [0.2, 0.25) is 0 Å². The molecule has 27 heavy (non-hydrogen) atoms. The zero-order valence-corrected chi connectivity index (χ0v) is 15.5. The number of anilines is 1. The van der Waals surface area contributed by atoms with E-state index in [9.17, 15) is 4.79 Å². The Labute approximate surface area is 157 Å². The molecule has 1 aliphatic rings. The lowest BCUT2D eigenvalue weighted by atomic mass is 10.0. The number of nitrogens with one attached hydrogen (secondary N) is 1. The van der Waals surface area contributed by atoms with Crippen molar-refractivity contribution in [2.24, 2.45) is 0 Å². The van der Waals surface area contributed by atoms with E-state index in [0.717, 1.165) is 37.6 Å². The Morgan fingerprint density at radius 1 is 1.26 bits per heavy atom. The number of nitrogens with zero attached hydrogens (tertiary/aromatic N) is 7. The molecule has 0 aliphatic carbocycles. The van der Waals surface area contributed by atoms with Gasteiger partial charge in [0.05, 0.1) is 6.54 Å². The summed E-state index contributed by atoms with van der Waals surface area (Å²) < 4.78 is 3.26. The number of hydrogen-bond donors (Lipinski definition) is 1. The average molecular weight is 368 g/mol. The Morgan fingerprint density at radius 2 is 2.19 bits per heavy atom. The van der Waals surface area contributed by atoms with E-state index in [1.54, 1.807) is 22.8 Å². The monoisotopic (exact) mass is 368 g/mol. The van der Waals surface area contributed by atoms with Crippen molar-refractivity contribution in [3.8, 4) is 0 Å². The lowest BCUT2D eigenvalue weighted by molar-refractivity contribution is 0.148. The number of piperidine rings is 1. The minimum atomic E-state index is -0.0509. The van der Waals surface area contributed by atoms with E-state index >= 15 is 0 Å². The van der Waals surface area contributed by atoms with Crippen molar-refractivity contribution < 1.29 is 0 Å². The SMILES string of the molecule is Cc1cc(NCC2CCCCN2CCn2ncccc2=O)n2ncnc2n1. The van der Waals surface area contributed by atoms with Crippen molar-refractivity contribution in [2.45, 2.75) is 38.8 Å². The van der Waals surface area contributed by atoms with E-state index in [-0.39, 0.29) is 5.56 Å². The van der Waals surface area contributed by atoms with Crippen molar-refractivity contribution in [2.75, 3.05) is 25.0 Å². The molecule has 0 radical (unpaired) electrons. The van der Waals surface area contributed by atoms with Crippen LogP contribution in [0, 0.1) is 6.92 Å². The molecular weight excluding hydrogens is 344 g/mol. The Bertz CT molecular complexity index is 965. The maximum absolute atomic E-state index is 11.9. The first-order chi connectivity index (χ1) is 13.2. The van der Waals surface area contributed by atoms with Crippen LogP contribution in [0.5, 0.6) is 0 Å². The molecule has 1 atom stereocenters. The third kappa shape index (κ3) is 3.97. The number of aryl methyl sites for hydroxylation is 1. The second-order valence-corrected chi connectivity index (χ2v) is 6.91. The smallest absolute Gasteiger partial charge is 0.266 e. The zero-order chi connectivity index (χ0) is 18.6. The largest absolute Gasteiger partial charge is 0.368 e. The van der Waals surface area contributed by atoms with Crippen LogP contribution in [-0.4, -0.2) is 59.9 Å². The normalized spacial score (nSPS) is 18.0. The van der Waals surface area contributed by atoms with Gasteiger partial charge in [-0.05, 0) is 32.4 Å². The molecule has 1 aliphatic heterocycles. The number of aromatic nitrogens is 6. The summed E-state index contributed by atoms with van der Waals surface area (Å²) in [5.74, 6) is 1.51. The standard InChI is InChI=1S/C18H24N8O/c1-14-11-16(26-18(23-14)20-13-22-26)19-12-15-5-2-3-8-24(15)9-10-25-17(27)6-4-7-21-25/h4,6-7,11,13,15,19H,2-3,5,8-10,12H2,1H3. The number of hydrogen-bond acceptors (Lipinski definition) is 7. The molecule has 1 saturated heterocycles. The maximum Gasteiger partial charge on any atom is 0.266 e. The van der Waals surface area contributed by atoms with E-state index in [0.29, 0.717) is 18.4 Å². The third-order valence-corrected chi connectivity index (χ3v) is 5.03. The molecule has 3 aromatic rings. The fraction of sp³-hybridized carbons (Fsp3) is 0.500. The summed E-state index contributed by atoms with van der Waals surface area (Å²) in [7, 11) is 0. The number of likely N-dealkylation sites (tertiary alicyclic amines) is 1. The van der Waals surface area contributed by atoms with E-state index in [1.165, 1.54) is 23.9 Å². The Morgan fingerprint density at radius 3 is 3.07 bits per heavy atom. The van der Waals surface area contributed by atoms with Crippen molar-refractivity contribution in [3.63, 3.8) is 0 Å². The second-order valence-electron chi connectivity index (χ2n) is 6.91. The molecule has 9 nitrogen and oxygen atoms in total.